The van der Waals surface area contributed by atoms with Crippen LogP contribution in [-0.4, -0.2) is 32.9 Å². The third-order valence-electron chi connectivity index (χ3n) is 4.35. The second-order valence-corrected chi connectivity index (χ2v) is 6.69. The van der Waals surface area contributed by atoms with Gasteiger partial charge in [0.05, 0.1) is 32.6 Å². The molecule has 0 aliphatic rings. The van der Waals surface area contributed by atoms with E-state index in [0.717, 1.165) is 12.1 Å². The van der Waals surface area contributed by atoms with Crippen molar-refractivity contribution in [2.45, 2.75) is 0 Å². The summed E-state index contributed by atoms with van der Waals surface area (Å²) in [7, 11) is 0. The van der Waals surface area contributed by atoms with E-state index in [1.165, 1.54) is 54.7 Å². The highest BCUT2D eigenvalue weighted by atomic mass is 16.6. The van der Waals surface area contributed by atoms with Gasteiger partial charge >= 0.3 is 5.97 Å². The molecule has 3 aromatic rings. The predicted molar refractivity (Wildman–Crippen MR) is 119 cm³/mol. The van der Waals surface area contributed by atoms with Crippen LogP contribution in [0, 0.1) is 30.3 Å². The molecule has 1 N–H and O–H groups in total. The number of hydrogen-bond acceptors (Lipinski definition) is 10. The molecule has 0 aromatic heterocycles. The van der Waals surface area contributed by atoms with Gasteiger partial charge in [-0.2, -0.15) is 5.10 Å². The van der Waals surface area contributed by atoms with Crippen LogP contribution in [0.25, 0.3) is 0 Å². The van der Waals surface area contributed by atoms with E-state index in [4.69, 9.17) is 4.74 Å². The number of ether oxygens (including phenoxy) is 1. The first-order valence-corrected chi connectivity index (χ1v) is 9.48. The molecule has 0 fully saturated rings. The van der Waals surface area contributed by atoms with Crippen molar-refractivity contribution >= 4 is 35.2 Å². The number of non-ortho nitro benzene ring substituents is 2. The minimum atomic E-state index is -1.07. The second kappa shape index (κ2) is 10.4. The van der Waals surface area contributed by atoms with Gasteiger partial charge in [0.25, 0.3) is 23.0 Å². The lowest BCUT2D eigenvalue weighted by Gasteiger charge is -2.05. The monoisotopic (exact) mass is 479 g/mol. The van der Waals surface area contributed by atoms with Gasteiger partial charge in [-0.1, -0.05) is 24.3 Å². The normalized spacial score (nSPS) is 10.5. The Morgan fingerprint density at radius 2 is 1.49 bits per heavy atom. The number of carbonyl (C=O) groups excluding carboxylic acids is 2. The number of para-hydroxylation sites is 1. The maximum atomic E-state index is 12.4. The van der Waals surface area contributed by atoms with Crippen LogP contribution in [0.15, 0.2) is 71.8 Å². The molecule has 0 radical (unpaired) electrons. The van der Waals surface area contributed by atoms with Gasteiger partial charge in [-0.15, -0.1) is 0 Å². The molecule has 0 aliphatic carbocycles. The van der Waals surface area contributed by atoms with E-state index in [9.17, 15) is 39.9 Å². The molecule has 0 aliphatic heterocycles. The number of carbonyl (C=O) groups is 2. The zero-order valence-electron chi connectivity index (χ0n) is 17.4. The van der Waals surface area contributed by atoms with Gasteiger partial charge in [-0.25, -0.2) is 10.2 Å². The van der Waals surface area contributed by atoms with Crippen molar-refractivity contribution in [1.29, 1.82) is 0 Å². The Morgan fingerprint density at radius 1 is 0.829 bits per heavy atom. The molecule has 0 atom stereocenters. The molecule has 176 valence electrons. The largest absolute Gasteiger partial charge is 0.423 e. The third-order valence-corrected chi connectivity index (χ3v) is 4.35. The summed E-state index contributed by atoms with van der Waals surface area (Å²) in [5, 5.41) is 36.7. The Labute approximate surface area is 194 Å². The first kappa shape index (κ1) is 24.1. The predicted octanol–water partition coefficient (Wildman–Crippen LogP) is 3.39. The van der Waals surface area contributed by atoms with E-state index in [1.54, 1.807) is 0 Å². The lowest BCUT2D eigenvalue weighted by atomic mass is 10.1. The molecule has 0 heterocycles. The van der Waals surface area contributed by atoms with Crippen LogP contribution in [-0.2, 0) is 0 Å². The Hall–Kier alpha value is -5.53. The number of nitrogens with one attached hydrogen (secondary N) is 1. The lowest BCUT2D eigenvalue weighted by Crippen LogP contribution is -2.18. The molecule has 0 saturated heterocycles. The molecule has 3 rings (SSSR count). The number of rotatable bonds is 8. The Morgan fingerprint density at radius 3 is 2.11 bits per heavy atom. The van der Waals surface area contributed by atoms with Crippen LogP contribution in [0.5, 0.6) is 5.75 Å². The number of amides is 1. The molecule has 14 heteroatoms. The van der Waals surface area contributed by atoms with Gasteiger partial charge in [-0.3, -0.25) is 35.1 Å². The van der Waals surface area contributed by atoms with E-state index in [-0.39, 0.29) is 11.3 Å². The van der Waals surface area contributed by atoms with Gasteiger partial charge in [0.15, 0.2) is 0 Å². The molecular weight excluding hydrogens is 466 g/mol. The Balaban J connectivity index is 1.73. The molecular formula is C21H13N5O9. The van der Waals surface area contributed by atoms with E-state index in [0.29, 0.717) is 11.6 Å². The fourth-order valence-electron chi connectivity index (χ4n) is 2.80. The third kappa shape index (κ3) is 6.04. The van der Waals surface area contributed by atoms with Crippen LogP contribution in [0.3, 0.4) is 0 Å². The molecule has 0 saturated carbocycles. The van der Waals surface area contributed by atoms with Crippen molar-refractivity contribution in [1.82, 2.24) is 5.43 Å². The Bertz CT molecular complexity index is 1350. The number of nitro groups is 3. The van der Waals surface area contributed by atoms with Gasteiger partial charge in [0, 0.05) is 18.2 Å². The van der Waals surface area contributed by atoms with Crippen molar-refractivity contribution < 1.29 is 29.1 Å². The van der Waals surface area contributed by atoms with Crippen molar-refractivity contribution in [2.24, 2.45) is 5.10 Å². The fourth-order valence-corrected chi connectivity index (χ4v) is 2.80. The summed E-state index contributed by atoms with van der Waals surface area (Å²) >= 11 is 0. The zero-order chi connectivity index (χ0) is 25.5. The average molecular weight is 479 g/mol. The number of esters is 1. The molecule has 0 spiro atoms. The molecule has 3 aromatic carbocycles. The van der Waals surface area contributed by atoms with Gasteiger partial charge in [-0.05, 0) is 23.8 Å². The highest BCUT2D eigenvalue weighted by Gasteiger charge is 2.21. The van der Waals surface area contributed by atoms with Crippen molar-refractivity contribution in [3.05, 3.63) is 114 Å². The topological polar surface area (TPSA) is 197 Å². The van der Waals surface area contributed by atoms with Crippen LogP contribution >= 0.6 is 0 Å². The summed E-state index contributed by atoms with van der Waals surface area (Å²) in [6, 6.07) is 13.4. The van der Waals surface area contributed by atoms with Crippen molar-refractivity contribution in [2.75, 3.05) is 0 Å². The van der Waals surface area contributed by atoms with Crippen molar-refractivity contribution in [3.63, 3.8) is 0 Å². The second-order valence-electron chi connectivity index (χ2n) is 6.69. The van der Waals surface area contributed by atoms with Crippen molar-refractivity contribution in [3.8, 4) is 5.75 Å². The average Bonchev–Trinajstić information content (AvgIpc) is 2.83. The maximum Gasteiger partial charge on any atom is 0.344 e. The van der Waals surface area contributed by atoms with Crippen LogP contribution < -0.4 is 10.2 Å². The number of benzene rings is 3. The summed E-state index contributed by atoms with van der Waals surface area (Å²) in [5.74, 6) is -1.91. The SMILES string of the molecule is O=C(Oc1cccc(/C=N\NC(=O)c2ccccc2[N+](=O)[O-])c1)c1cc([N+](=O)[O-])cc([N+](=O)[O-])c1. The highest BCUT2D eigenvalue weighted by molar-refractivity contribution is 5.98. The minimum absolute atomic E-state index is 0.0156. The number of hydrazone groups is 1. The molecule has 0 unspecified atom stereocenters. The maximum absolute atomic E-state index is 12.4. The molecule has 1 amide bonds. The summed E-state index contributed by atoms with van der Waals surface area (Å²) in [4.78, 5) is 55.2. The summed E-state index contributed by atoms with van der Waals surface area (Å²) in [6.45, 7) is 0. The van der Waals surface area contributed by atoms with E-state index >= 15 is 0 Å². The number of hydrogen-bond donors (Lipinski definition) is 1. The van der Waals surface area contributed by atoms with Crippen LogP contribution in [0.4, 0.5) is 17.1 Å². The fraction of sp³-hybridized carbons (Fsp3) is 0. The quantitative estimate of drug-likeness (QED) is 0.165. The minimum Gasteiger partial charge on any atom is -0.423 e. The summed E-state index contributed by atoms with van der Waals surface area (Å²) in [6.07, 6.45) is 1.18. The van der Waals surface area contributed by atoms with E-state index in [2.05, 4.69) is 10.5 Å². The zero-order valence-corrected chi connectivity index (χ0v) is 17.4. The number of nitrogens with zero attached hydrogens (tertiary/aromatic N) is 4. The smallest absolute Gasteiger partial charge is 0.344 e. The summed E-state index contributed by atoms with van der Waals surface area (Å²) < 4.78 is 5.14. The van der Waals surface area contributed by atoms with Gasteiger partial charge < -0.3 is 4.74 Å². The van der Waals surface area contributed by atoms with Crippen LogP contribution in [0.1, 0.15) is 26.3 Å². The van der Waals surface area contributed by atoms with Gasteiger partial charge in [0.2, 0.25) is 0 Å². The number of nitro benzene ring substituents is 3. The first-order valence-electron chi connectivity index (χ1n) is 9.48. The highest BCUT2D eigenvalue weighted by Crippen LogP contribution is 2.24. The molecule has 35 heavy (non-hydrogen) atoms. The van der Waals surface area contributed by atoms with Crippen LogP contribution in [0.2, 0.25) is 0 Å². The lowest BCUT2D eigenvalue weighted by molar-refractivity contribution is -0.394. The summed E-state index contributed by atoms with van der Waals surface area (Å²) in [5.41, 5.74) is 0.215. The van der Waals surface area contributed by atoms with E-state index < -0.39 is 49.3 Å². The van der Waals surface area contributed by atoms with Gasteiger partial charge in [0.1, 0.15) is 11.3 Å². The Kier molecular flexibility index (Phi) is 7.16. The standard InChI is InChI=1S/C21H13N5O9/c27-20(18-6-1-2-7-19(18)26(33)34)23-22-12-13-4-3-5-17(8-13)35-21(28)14-9-15(24(29)30)11-16(10-14)25(31)32/h1-12H,(H,23,27)/b22-12-. The van der Waals surface area contributed by atoms with E-state index in [1.807, 2.05) is 0 Å². The molecule has 14 nitrogen and oxygen atoms in total. The first-order chi connectivity index (χ1) is 16.7. The molecule has 0 bridgehead atoms.